The van der Waals surface area contributed by atoms with Crippen molar-refractivity contribution in [2.75, 3.05) is 0 Å². The molecule has 0 aliphatic rings. The minimum absolute atomic E-state index is 0.388. The molecule has 0 saturated heterocycles. The zero-order valence-corrected chi connectivity index (χ0v) is 13.5. The van der Waals surface area contributed by atoms with Crippen LogP contribution >= 0.6 is 0 Å². The van der Waals surface area contributed by atoms with Gasteiger partial charge in [0.05, 0.1) is 11.7 Å². The third kappa shape index (κ3) is 4.35. The summed E-state index contributed by atoms with van der Waals surface area (Å²) in [6.45, 7) is 6.01. The largest absolute Gasteiger partial charge is 0.416 e. The highest BCUT2D eigenvalue weighted by molar-refractivity contribution is 5.65. The van der Waals surface area contributed by atoms with E-state index < -0.39 is 17.8 Å². The Bertz CT molecular complexity index is 657. The molecule has 2 rings (SSSR count). The predicted molar refractivity (Wildman–Crippen MR) is 86.0 cm³/mol. The van der Waals surface area contributed by atoms with Crippen molar-refractivity contribution < 1.29 is 18.3 Å². The maximum absolute atomic E-state index is 12.6. The van der Waals surface area contributed by atoms with Crippen molar-refractivity contribution in [2.45, 2.75) is 39.5 Å². The first-order valence-electron chi connectivity index (χ1n) is 7.64. The predicted octanol–water partition coefficient (Wildman–Crippen LogP) is 5.76. The van der Waals surface area contributed by atoms with Crippen molar-refractivity contribution in [2.24, 2.45) is 5.92 Å². The molecule has 0 unspecified atom stereocenters. The van der Waals surface area contributed by atoms with Crippen molar-refractivity contribution in [3.05, 3.63) is 59.2 Å². The first-order valence-corrected chi connectivity index (χ1v) is 7.64. The molecule has 1 atom stereocenters. The number of aryl methyl sites for hydroxylation is 1. The van der Waals surface area contributed by atoms with Gasteiger partial charge < -0.3 is 5.11 Å². The summed E-state index contributed by atoms with van der Waals surface area (Å²) in [6.07, 6.45) is -4.16. The molecule has 2 aromatic rings. The molecule has 0 aliphatic carbocycles. The minimum atomic E-state index is -4.32. The van der Waals surface area contributed by atoms with E-state index in [2.05, 4.69) is 13.8 Å². The lowest BCUT2D eigenvalue weighted by Crippen LogP contribution is -2.04. The molecule has 124 valence electrons. The van der Waals surface area contributed by atoms with E-state index in [9.17, 15) is 18.3 Å². The Morgan fingerprint density at radius 3 is 2.00 bits per heavy atom. The van der Waals surface area contributed by atoms with Crippen LogP contribution in [0.1, 0.15) is 43.1 Å². The lowest BCUT2D eigenvalue weighted by Gasteiger charge is -2.17. The number of alkyl halides is 3. The second kappa shape index (κ2) is 6.75. The zero-order chi connectivity index (χ0) is 17.2. The third-order valence-corrected chi connectivity index (χ3v) is 3.87. The van der Waals surface area contributed by atoms with Gasteiger partial charge in [-0.15, -0.1) is 0 Å². The molecule has 4 heteroatoms. The summed E-state index contributed by atoms with van der Waals surface area (Å²) in [5, 5.41) is 10.2. The topological polar surface area (TPSA) is 20.2 Å². The fraction of sp³-hybridized carbons (Fsp3) is 0.368. The Morgan fingerprint density at radius 1 is 0.957 bits per heavy atom. The first-order chi connectivity index (χ1) is 10.7. The van der Waals surface area contributed by atoms with Gasteiger partial charge >= 0.3 is 6.18 Å². The van der Waals surface area contributed by atoms with Gasteiger partial charge in [0.25, 0.3) is 0 Å². The average molecular weight is 322 g/mol. The Balaban J connectivity index is 2.26. The van der Waals surface area contributed by atoms with Gasteiger partial charge in [-0.2, -0.15) is 13.2 Å². The second-order valence-electron chi connectivity index (χ2n) is 6.29. The van der Waals surface area contributed by atoms with Crippen LogP contribution in [-0.4, -0.2) is 5.11 Å². The van der Waals surface area contributed by atoms with Crippen LogP contribution < -0.4 is 0 Å². The molecular weight excluding hydrogens is 301 g/mol. The van der Waals surface area contributed by atoms with E-state index in [1.807, 2.05) is 25.1 Å². The first kappa shape index (κ1) is 17.5. The summed E-state index contributed by atoms with van der Waals surface area (Å²) in [4.78, 5) is 0. The number of aliphatic hydroxyl groups excluding tert-OH is 1. The standard InChI is InChI=1S/C19H21F3O/c1-12(2)10-18(23)17-9-6-15(11-13(17)3)14-4-7-16(8-5-14)19(20,21)22/h4-9,11-12,18,23H,10H2,1-3H3/t18-/m1/s1. The van der Waals surface area contributed by atoms with Gasteiger partial charge in [-0.05, 0) is 53.6 Å². The molecule has 0 spiro atoms. The SMILES string of the molecule is Cc1cc(-c2ccc(C(F)(F)F)cc2)ccc1[C@H](O)CC(C)C. The van der Waals surface area contributed by atoms with E-state index in [-0.39, 0.29) is 0 Å². The molecule has 0 amide bonds. The lowest BCUT2D eigenvalue weighted by molar-refractivity contribution is -0.137. The van der Waals surface area contributed by atoms with Gasteiger partial charge in [0.2, 0.25) is 0 Å². The maximum atomic E-state index is 12.6. The van der Waals surface area contributed by atoms with Crippen molar-refractivity contribution in [1.82, 2.24) is 0 Å². The molecule has 0 bridgehead atoms. The molecular formula is C19H21F3O. The zero-order valence-electron chi connectivity index (χ0n) is 13.5. The number of aliphatic hydroxyl groups is 1. The average Bonchev–Trinajstić information content (AvgIpc) is 2.45. The Kier molecular flexibility index (Phi) is 5.15. The van der Waals surface area contributed by atoms with Crippen molar-refractivity contribution in [3.63, 3.8) is 0 Å². The van der Waals surface area contributed by atoms with Gasteiger partial charge in [-0.25, -0.2) is 0 Å². The number of benzene rings is 2. The van der Waals surface area contributed by atoms with E-state index in [0.717, 1.165) is 34.4 Å². The summed E-state index contributed by atoms with van der Waals surface area (Å²) >= 11 is 0. The molecule has 0 aliphatic heterocycles. The van der Waals surface area contributed by atoms with Gasteiger partial charge in [0, 0.05) is 0 Å². The van der Waals surface area contributed by atoms with E-state index in [0.29, 0.717) is 12.3 Å². The molecule has 0 heterocycles. The van der Waals surface area contributed by atoms with Crippen LogP contribution in [0.2, 0.25) is 0 Å². The van der Waals surface area contributed by atoms with Gasteiger partial charge in [0.15, 0.2) is 0 Å². The Morgan fingerprint density at radius 2 is 1.52 bits per heavy atom. The molecule has 23 heavy (non-hydrogen) atoms. The molecule has 0 saturated carbocycles. The van der Waals surface area contributed by atoms with Crippen molar-refractivity contribution in [3.8, 4) is 11.1 Å². The van der Waals surface area contributed by atoms with Gasteiger partial charge in [-0.1, -0.05) is 44.2 Å². The second-order valence-corrected chi connectivity index (χ2v) is 6.29. The Hall–Kier alpha value is -1.81. The number of rotatable bonds is 4. The smallest absolute Gasteiger partial charge is 0.388 e. The quantitative estimate of drug-likeness (QED) is 0.758. The number of hydrogen-bond acceptors (Lipinski definition) is 1. The molecule has 0 radical (unpaired) electrons. The minimum Gasteiger partial charge on any atom is -0.388 e. The molecule has 0 aromatic heterocycles. The van der Waals surface area contributed by atoms with Crippen LogP contribution in [-0.2, 0) is 6.18 Å². The van der Waals surface area contributed by atoms with Crippen LogP contribution in [0.25, 0.3) is 11.1 Å². The Labute approximate surface area is 134 Å². The summed E-state index contributed by atoms with van der Waals surface area (Å²) in [5.41, 5.74) is 2.73. The van der Waals surface area contributed by atoms with Crippen molar-refractivity contribution in [1.29, 1.82) is 0 Å². The summed E-state index contributed by atoms with van der Waals surface area (Å²) < 4.78 is 37.8. The lowest BCUT2D eigenvalue weighted by atomic mass is 9.93. The van der Waals surface area contributed by atoms with Crippen molar-refractivity contribution >= 4 is 0 Å². The summed E-state index contributed by atoms with van der Waals surface area (Å²) in [5.74, 6) is 0.388. The molecule has 0 fully saturated rings. The highest BCUT2D eigenvalue weighted by atomic mass is 19.4. The summed E-state index contributed by atoms with van der Waals surface area (Å²) in [6, 6.07) is 10.7. The fourth-order valence-electron chi connectivity index (χ4n) is 2.65. The van der Waals surface area contributed by atoms with E-state index in [4.69, 9.17) is 0 Å². The highest BCUT2D eigenvalue weighted by Gasteiger charge is 2.29. The number of halogens is 3. The highest BCUT2D eigenvalue weighted by Crippen LogP contribution is 2.32. The molecule has 1 nitrogen and oxygen atoms in total. The van der Waals surface area contributed by atoms with Crippen LogP contribution in [0.4, 0.5) is 13.2 Å². The van der Waals surface area contributed by atoms with E-state index in [1.165, 1.54) is 12.1 Å². The number of hydrogen-bond donors (Lipinski definition) is 1. The van der Waals surface area contributed by atoms with Gasteiger partial charge in [0.1, 0.15) is 0 Å². The van der Waals surface area contributed by atoms with Crippen LogP contribution in [0.5, 0.6) is 0 Å². The fourth-order valence-corrected chi connectivity index (χ4v) is 2.65. The van der Waals surface area contributed by atoms with E-state index in [1.54, 1.807) is 0 Å². The van der Waals surface area contributed by atoms with Crippen LogP contribution in [0.3, 0.4) is 0 Å². The van der Waals surface area contributed by atoms with Gasteiger partial charge in [-0.3, -0.25) is 0 Å². The third-order valence-electron chi connectivity index (χ3n) is 3.87. The van der Waals surface area contributed by atoms with E-state index >= 15 is 0 Å². The van der Waals surface area contributed by atoms with Crippen LogP contribution in [0, 0.1) is 12.8 Å². The summed E-state index contributed by atoms with van der Waals surface area (Å²) in [7, 11) is 0. The maximum Gasteiger partial charge on any atom is 0.416 e. The molecule has 1 N–H and O–H groups in total. The van der Waals surface area contributed by atoms with Crippen LogP contribution in [0.15, 0.2) is 42.5 Å². The normalized spacial score (nSPS) is 13.4. The monoisotopic (exact) mass is 322 g/mol. The molecule has 2 aromatic carbocycles.